The summed E-state index contributed by atoms with van der Waals surface area (Å²) in [5.41, 5.74) is 0.990. The minimum Gasteiger partial charge on any atom is -0.369 e. The molecular formula is C16H21FN4O2. The first-order valence-corrected chi connectivity index (χ1v) is 7.90. The molecule has 0 saturated carbocycles. The number of imide groups is 1. The third kappa shape index (κ3) is 3.29. The van der Waals surface area contributed by atoms with E-state index >= 15 is 0 Å². The zero-order chi connectivity index (χ0) is 16.4. The molecule has 0 aliphatic carbocycles. The van der Waals surface area contributed by atoms with E-state index in [0.717, 1.165) is 31.9 Å². The Morgan fingerprint density at radius 2 is 1.78 bits per heavy atom. The summed E-state index contributed by atoms with van der Waals surface area (Å²) in [7, 11) is 0. The molecule has 23 heavy (non-hydrogen) atoms. The van der Waals surface area contributed by atoms with Crippen LogP contribution in [0.5, 0.6) is 0 Å². The molecule has 0 bridgehead atoms. The fourth-order valence-corrected chi connectivity index (χ4v) is 3.08. The predicted molar refractivity (Wildman–Crippen MR) is 84.8 cm³/mol. The van der Waals surface area contributed by atoms with Gasteiger partial charge in [0.25, 0.3) is 0 Å². The van der Waals surface area contributed by atoms with Crippen LogP contribution in [0.3, 0.4) is 0 Å². The largest absolute Gasteiger partial charge is 0.369 e. The minimum atomic E-state index is -0.311. The minimum absolute atomic E-state index is 0.143. The number of urea groups is 1. The summed E-state index contributed by atoms with van der Waals surface area (Å²) in [4.78, 5) is 29.6. The number of benzene rings is 1. The maximum Gasteiger partial charge on any atom is 0.324 e. The third-order valence-corrected chi connectivity index (χ3v) is 4.53. The second kappa shape index (κ2) is 6.54. The first-order chi connectivity index (χ1) is 11.1. The van der Waals surface area contributed by atoms with Crippen LogP contribution < -0.4 is 10.2 Å². The van der Waals surface area contributed by atoms with Crippen molar-refractivity contribution in [1.82, 2.24) is 15.1 Å². The lowest BCUT2D eigenvalue weighted by Crippen LogP contribution is -2.55. The third-order valence-electron chi connectivity index (χ3n) is 4.53. The molecule has 1 atom stereocenters. The molecule has 0 spiro atoms. The average molecular weight is 320 g/mol. The summed E-state index contributed by atoms with van der Waals surface area (Å²) in [6, 6.07) is 5.85. The number of nitrogens with zero attached hydrogens (tertiary/aromatic N) is 3. The van der Waals surface area contributed by atoms with Crippen molar-refractivity contribution in [3.63, 3.8) is 0 Å². The molecular weight excluding hydrogens is 299 g/mol. The number of anilines is 1. The van der Waals surface area contributed by atoms with Gasteiger partial charge in [-0.05, 0) is 31.2 Å². The van der Waals surface area contributed by atoms with Crippen LogP contribution in [-0.4, -0.2) is 67.0 Å². The van der Waals surface area contributed by atoms with Gasteiger partial charge in [-0.3, -0.25) is 14.6 Å². The van der Waals surface area contributed by atoms with Crippen LogP contribution in [0.25, 0.3) is 0 Å². The molecule has 1 aromatic rings. The van der Waals surface area contributed by atoms with Crippen LogP contribution in [0.4, 0.5) is 14.9 Å². The summed E-state index contributed by atoms with van der Waals surface area (Å²) >= 11 is 0. The number of piperazine rings is 1. The SMILES string of the molecule is C[C@H](C(=O)N1CCNC1=O)N1CCN(c2ccc(F)cc2)CC1. The Morgan fingerprint density at radius 3 is 2.35 bits per heavy atom. The summed E-state index contributed by atoms with van der Waals surface area (Å²) in [5, 5.41) is 2.65. The maximum absolute atomic E-state index is 13.0. The van der Waals surface area contributed by atoms with Gasteiger partial charge in [-0.1, -0.05) is 0 Å². The van der Waals surface area contributed by atoms with Gasteiger partial charge in [-0.15, -0.1) is 0 Å². The van der Waals surface area contributed by atoms with Gasteiger partial charge in [0, 0.05) is 45.0 Å². The molecule has 3 amide bonds. The van der Waals surface area contributed by atoms with Crippen molar-refractivity contribution >= 4 is 17.6 Å². The molecule has 3 rings (SSSR count). The number of halogens is 1. The highest BCUT2D eigenvalue weighted by Crippen LogP contribution is 2.18. The number of rotatable bonds is 3. The van der Waals surface area contributed by atoms with Gasteiger partial charge in [0.05, 0.1) is 6.04 Å². The van der Waals surface area contributed by atoms with Crippen molar-refractivity contribution in [2.45, 2.75) is 13.0 Å². The van der Waals surface area contributed by atoms with E-state index in [-0.39, 0.29) is 23.8 Å². The van der Waals surface area contributed by atoms with Gasteiger partial charge in [0.2, 0.25) is 5.91 Å². The molecule has 2 aliphatic rings. The number of hydrogen-bond donors (Lipinski definition) is 1. The van der Waals surface area contributed by atoms with E-state index in [1.807, 2.05) is 6.92 Å². The number of amides is 3. The van der Waals surface area contributed by atoms with Crippen LogP contribution in [0, 0.1) is 5.82 Å². The Bertz CT molecular complexity index is 584. The van der Waals surface area contributed by atoms with Crippen LogP contribution in [0.1, 0.15) is 6.92 Å². The van der Waals surface area contributed by atoms with E-state index in [4.69, 9.17) is 0 Å². The van der Waals surface area contributed by atoms with Crippen molar-refractivity contribution < 1.29 is 14.0 Å². The van der Waals surface area contributed by atoms with Gasteiger partial charge in [-0.25, -0.2) is 9.18 Å². The molecule has 0 unspecified atom stereocenters. The van der Waals surface area contributed by atoms with E-state index in [0.29, 0.717) is 13.1 Å². The first-order valence-electron chi connectivity index (χ1n) is 7.90. The van der Waals surface area contributed by atoms with Crippen molar-refractivity contribution in [3.05, 3.63) is 30.1 Å². The Kier molecular flexibility index (Phi) is 4.47. The molecule has 2 heterocycles. The van der Waals surface area contributed by atoms with Gasteiger partial charge in [0.1, 0.15) is 5.82 Å². The molecule has 1 N–H and O–H groups in total. The Hall–Kier alpha value is -2.15. The van der Waals surface area contributed by atoms with E-state index in [2.05, 4.69) is 15.1 Å². The number of nitrogens with one attached hydrogen (secondary N) is 1. The van der Waals surface area contributed by atoms with E-state index in [1.54, 1.807) is 12.1 Å². The molecule has 7 heteroatoms. The zero-order valence-electron chi connectivity index (χ0n) is 13.2. The fourth-order valence-electron chi connectivity index (χ4n) is 3.08. The fraction of sp³-hybridized carbons (Fsp3) is 0.500. The summed E-state index contributed by atoms with van der Waals surface area (Å²) < 4.78 is 13.0. The van der Waals surface area contributed by atoms with E-state index in [1.165, 1.54) is 17.0 Å². The molecule has 2 aliphatic heterocycles. The Labute approximate surface area is 134 Å². The summed E-state index contributed by atoms with van der Waals surface area (Å²) in [6.07, 6.45) is 0. The van der Waals surface area contributed by atoms with Crippen molar-refractivity contribution in [1.29, 1.82) is 0 Å². The van der Waals surface area contributed by atoms with Gasteiger partial charge in [-0.2, -0.15) is 0 Å². The van der Waals surface area contributed by atoms with Crippen molar-refractivity contribution in [2.75, 3.05) is 44.2 Å². The van der Waals surface area contributed by atoms with Gasteiger partial charge < -0.3 is 10.2 Å². The lowest BCUT2D eigenvalue weighted by Gasteiger charge is -2.39. The first kappa shape index (κ1) is 15.7. The molecule has 2 fully saturated rings. The Morgan fingerprint density at radius 1 is 1.13 bits per heavy atom. The van der Waals surface area contributed by atoms with Crippen LogP contribution in [0.2, 0.25) is 0 Å². The molecule has 6 nitrogen and oxygen atoms in total. The second-order valence-corrected chi connectivity index (χ2v) is 5.90. The van der Waals surface area contributed by atoms with Gasteiger partial charge >= 0.3 is 6.03 Å². The number of carbonyl (C=O) groups excluding carboxylic acids is 2. The predicted octanol–water partition coefficient (Wildman–Crippen LogP) is 0.888. The van der Waals surface area contributed by atoms with Crippen molar-refractivity contribution in [2.24, 2.45) is 0 Å². The number of carbonyl (C=O) groups is 2. The lowest BCUT2D eigenvalue weighted by molar-refractivity contribution is -0.132. The highest BCUT2D eigenvalue weighted by atomic mass is 19.1. The standard InChI is InChI=1S/C16H21FN4O2/c1-12(15(22)21-7-6-18-16(21)23)19-8-10-20(11-9-19)14-4-2-13(17)3-5-14/h2-5,12H,6-11H2,1H3,(H,18,23)/t12-/m1/s1. The van der Waals surface area contributed by atoms with Gasteiger partial charge in [0.15, 0.2) is 0 Å². The highest BCUT2D eigenvalue weighted by Gasteiger charge is 2.33. The zero-order valence-corrected chi connectivity index (χ0v) is 13.2. The second-order valence-electron chi connectivity index (χ2n) is 5.90. The van der Waals surface area contributed by atoms with Crippen LogP contribution in [0.15, 0.2) is 24.3 Å². The summed E-state index contributed by atoms with van der Waals surface area (Å²) in [6.45, 7) is 5.83. The maximum atomic E-state index is 13.0. The Balaban J connectivity index is 1.56. The smallest absolute Gasteiger partial charge is 0.324 e. The molecule has 0 aromatic heterocycles. The summed E-state index contributed by atoms with van der Waals surface area (Å²) in [5.74, 6) is -0.384. The van der Waals surface area contributed by atoms with Crippen molar-refractivity contribution in [3.8, 4) is 0 Å². The lowest BCUT2D eigenvalue weighted by atomic mass is 10.2. The topological polar surface area (TPSA) is 55.9 Å². The molecule has 0 radical (unpaired) electrons. The van der Waals surface area contributed by atoms with E-state index in [9.17, 15) is 14.0 Å². The average Bonchev–Trinajstić information content (AvgIpc) is 3.00. The normalized spacial score (nSPS) is 20.5. The number of hydrogen-bond acceptors (Lipinski definition) is 4. The monoisotopic (exact) mass is 320 g/mol. The molecule has 1 aromatic carbocycles. The van der Waals surface area contributed by atoms with Crippen LogP contribution in [-0.2, 0) is 4.79 Å². The molecule has 2 saturated heterocycles. The highest BCUT2D eigenvalue weighted by molar-refractivity contribution is 5.98. The quantitative estimate of drug-likeness (QED) is 0.899. The molecule has 124 valence electrons. The van der Waals surface area contributed by atoms with Crippen LogP contribution >= 0.6 is 0 Å². The van der Waals surface area contributed by atoms with E-state index < -0.39 is 0 Å².